The number of rotatable bonds is 10. The van der Waals surface area contributed by atoms with E-state index in [4.69, 9.17) is 14.2 Å². The number of benzene rings is 2. The number of aromatic nitrogens is 2. The van der Waals surface area contributed by atoms with Crippen LogP contribution in [0.25, 0.3) is 5.69 Å². The number of amides is 3. The molecular formula is C30H35F4N5O6. The fraction of sp³-hybridized carbons (Fsp3) is 0.433. The van der Waals surface area contributed by atoms with Gasteiger partial charge in [0.15, 0.2) is 5.67 Å². The standard InChI is InChI=1S/C30H35F4N5O6/c1-19-24(36-26(40)35-14-21-13-20(15-42-5)11-12-23(21)44-30(32,33)34)39(22-9-7-6-8-10-22)37-25(19)43-18-29(31)16-38(17-29)27(41)45-28(2,3)4/h6-13H,14-18H2,1-5H3,(H2,35,36,40). The maximum absolute atomic E-state index is 15.3. The lowest BCUT2D eigenvalue weighted by molar-refractivity contribution is -0.274. The van der Waals surface area contributed by atoms with E-state index >= 15 is 4.39 Å². The minimum absolute atomic E-state index is 0.0371. The van der Waals surface area contributed by atoms with Crippen molar-refractivity contribution in [2.45, 2.75) is 58.5 Å². The minimum atomic E-state index is -4.93. The van der Waals surface area contributed by atoms with Crippen molar-refractivity contribution in [3.05, 3.63) is 65.2 Å². The molecular weight excluding hydrogens is 602 g/mol. The molecule has 0 radical (unpaired) electrons. The van der Waals surface area contributed by atoms with Crippen LogP contribution in [0.15, 0.2) is 48.5 Å². The summed E-state index contributed by atoms with van der Waals surface area (Å²) in [6.07, 6.45) is -5.55. The predicted molar refractivity (Wildman–Crippen MR) is 155 cm³/mol. The van der Waals surface area contributed by atoms with Crippen molar-refractivity contribution in [2.24, 2.45) is 0 Å². The molecule has 1 fully saturated rings. The maximum Gasteiger partial charge on any atom is 0.573 e. The van der Waals surface area contributed by atoms with E-state index in [0.29, 0.717) is 16.8 Å². The molecule has 0 atom stereocenters. The molecule has 1 aromatic heterocycles. The van der Waals surface area contributed by atoms with E-state index in [0.717, 1.165) is 6.07 Å². The number of anilines is 1. The number of methoxy groups -OCH3 is 1. The molecule has 0 bridgehead atoms. The maximum atomic E-state index is 15.3. The van der Waals surface area contributed by atoms with Gasteiger partial charge in [0.05, 0.1) is 30.9 Å². The first kappa shape index (κ1) is 33.4. The average Bonchev–Trinajstić information content (AvgIpc) is 3.24. The minimum Gasteiger partial charge on any atom is -0.473 e. The molecule has 11 nitrogen and oxygen atoms in total. The highest BCUT2D eigenvalue weighted by Crippen LogP contribution is 2.32. The summed E-state index contributed by atoms with van der Waals surface area (Å²) in [5.41, 5.74) is -0.985. The van der Waals surface area contributed by atoms with Gasteiger partial charge in [0.25, 0.3) is 0 Å². The van der Waals surface area contributed by atoms with Crippen molar-refractivity contribution in [2.75, 3.05) is 32.1 Å². The lowest BCUT2D eigenvalue weighted by atomic mass is 9.98. The summed E-state index contributed by atoms with van der Waals surface area (Å²) in [7, 11) is 1.44. The van der Waals surface area contributed by atoms with E-state index < -0.39 is 42.1 Å². The number of halogens is 4. The van der Waals surface area contributed by atoms with Gasteiger partial charge in [-0.1, -0.05) is 24.3 Å². The average molecular weight is 638 g/mol. The molecule has 0 unspecified atom stereocenters. The Morgan fingerprint density at radius 2 is 1.76 bits per heavy atom. The summed E-state index contributed by atoms with van der Waals surface area (Å²) in [6.45, 7) is 5.73. The van der Waals surface area contributed by atoms with Crippen LogP contribution >= 0.6 is 0 Å². The number of carbonyl (C=O) groups is 2. The van der Waals surface area contributed by atoms with Gasteiger partial charge in [-0.2, -0.15) is 0 Å². The Morgan fingerprint density at radius 3 is 2.38 bits per heavy atom. The number of para-hydroxylation sites is 1. The second-order valence-corrected chi connectivity index (χ2v) is 11.5. The zero-order chi connectivity index (χ0) is 33.0. The van der Waals surface area contributed by atoms with Gasteiger partial charge in [-0.15, -0.1) is 18.3 Å². The van der Waals surface area contributed by atoms with Crippen LogP contribution in [0.4, 0.5) is 33.0 Å². The van der Waals surface area contributed by atoms with Crippen LogP contribution in [-0.2, 0) is 22.6 Å². The number of hydrogen-bond donors (Lipinski definition) is 2. The van der Waals surface area contributed by atoms with Gasteiger partial charge in [-0.3, -0.25) is 5.32 Å². The smallest absolute Gasteiger partial charge is 0.473 e. The summed E-state index contributed by atoms with van der Waals surface area (Å²) in [4.78, 5) is 26.4. The molecule has 3 amide bonds. The van der Waals surface area contributed by atoms with Crippen molar-refractivity contribution in [3.63, 3.8) is 0 Å². The number of likely N-dealkylation sites (tertiary alicyclic amines) is 1. The SMILES string of the molecule is COCc1ccc(OC(F)(F)F)c(CNC(=O)Nc2c(C)c(OCC3(F)CN(C(=O)OC(C)(C)C)C3)nn2-c2ccccc2)c1. The van der Waals surface area contributed by atoms with Gasteiger partial charge in [-0.05, 0) is 57.5 Å². The Hall–Kier alpha value is -4.53. The molecule has 2 N–H and O–H groups in total. The number of carbonyl (C=O) groups excluding carboxylic acids is 2. The molecule has 0 saturated carbocycles. The number of urea groups is 1. The summed E-state index contributed by atoms with van der Waals surface area (Å²) in [5, 5.41) is 9.62. The lowest BCUT2D eigenvalue weighted by Crippen LogP contribution is -2.64. The second kappa shape index (κ2) is 13.2. The number of nitrogens with zero attached hydrogens (tertiary/aromatic N) is 3. The van der Waals surface area contributed by atoms with Crippen LogP contribution in [0.5, 0.6) is 11.6 Å². The van der Waals surface area contributed by atoms with Gasteiger partial charge in [0.2, 0.25) is 5.88 Å². The number of hydrogen-bond acceptors (Lipinski definition) is 7. The highest BCUT2D eigenvalue weighted by Gasteiger charge is 2.48. The van der Waals surface area contributed by atoms with E-state index in [1.165, 1.54) is 28.8 Å². The molecule has 1 aliphatic heterocycles. The fourth-order valence-electron chi connectivity index (χ4n) is 4.48. The first-order valence-electron chi connectivity index (χ1n) is 13.9. The van der Waals surface area contributed by atoms with Gasteiger partial charge < -0.3 is 29.2 Å². The highest BCUT2D eigenvalue weighted by molar-refractivity contribution is 5.89. The van der Waals surface area contributed by atoms with Crippen molar-refractivity contribution < 1.29 is 46.1 Å². The number of alkyl halides is 4. The zero-order valence-electron chi connectivity index (χ0n) is 25.5. The molecule has 4 rings (SSSR count). The Kier molecular flexibility index (Phi) is 9.80. The molecule has 2 aromatic carbocycles. The Morgan fingerprint density at radius 1 is 1.07 bits per heavy atom. The molecule has 45 heavy (non-hydrogen) atoms. The molecule has 3 aromatic rings. The van der Waals surface area contributed by atoms with Crippen LogP contribution in [-0.4, -0.2) is 71.2 Å². The van der Waals surface area contributed by atoms with Crippen LogP contribution in [0.2, 0.25) is 0 Å². The number of ether oxygens (including phenoxy) is 4. The molecule has 15 heteroatoms. The lowest BCUT2D eigenvalue weighted by Gasteiger charge is -2.43. The van der Waals surface area contributed by atoms with Gasteiger partial charge in [0.1, 0.15) is 23.8 Å². The zero-order valence-corrected chi connectivity index (χ0v) is 25.5. The van der Waals surface area contributed by atoms with Crippen LogP contribution in [0.1, 0.15) is 37.5 Å². The summed E-state index contributed by atoms with van der Waals surface area (Å²) < 4.78 is 75.8. The summed E-state index contributed by atoms with van der Waals surface area (Å²) >= 11 is 0. The topological polar surface area (TPSA) is 116 Å². The Bertz CT molecular complexity index is 1500. The fourth-order valence-corrected chi connectivity index (χ4v) is 4.48. The normalized spacial score (nSPS) is 14.4. The third kappa shape index (κ3) is 9.00. The molecule has 0 spiro atoms. The highest BCUT2D eigenvalue weighted by atomic mass is 19.4. The van der Waals surface area contributed by atoms with Crippen molar-refractivity contribution in [1.82, 2.24) is 20.0 Å². The van der Waals surface area contributed by atoms with E-state index in [9.17, 15) is 22.8 Å². The first-order valence-corrected chi connectivity index (χ1v) is 13.9. The largest absolute Gasteiger partial charge is 0.573 e. The van der Waals surface area contributed by atoms with E-state index in [1.54, 1.807) is 58.0 Å². The summed E-state index contributed by atoms with van der Waals surface area (Å²) in [6, 6.07) is 12.0. The van der Waals surface area contributed by atoms with E-state index in [-0.39, 0.29) is 43.5 Å². The molecule has 2 heterocycles. The van der Waals surface area contributed by atoms with Crippen LogP contribution in [0, 0.1) is 6.92 Å². The Labute approximate surface area is 257 Å². The van der Waals surface area contributed by atoms with Gasteiger partial charge >= 0.3 is 18.5 Å². The Balaban J connectivity index is 1.47. The van der Waals surface area contributed by atoms with Gasteiger partial charge in [-0.25, -0.2) is 18.7 Å². The number of nitrogens with one attached hydrogen (secondary N) is 2. The van der Waals surface area contributed by atoms with Gasteiger partial charge in [0, 0.05) is 19.2 Å². The third-order valence-electron chi connectivity index (χ3n) is 6.48. The molecule has 0 aliphatic carbocycles. The van der Waals surface area contributed by atoms with Crippen molar-refractivity contribution >= 4 is 17.9 Å². The molecule has 1 aliphatic rings. The quantitative estimate of drug-likeness (QED) is 0.267. The van der Waals surface area contributed by atoms with E-state index in [2.05, 4.69) is 20.5 Å². The predicted octanol–water partition coefficient (Wildman–Crippen LogP) is 5.89. The molecule has 244 valence electrons. The first-order chi connectivity index (χ1) is 21.1. The second-order valence-electron chi connectivity index (χ2n) is 11.5. The monoisotopic (exact) mass is 637 g/mol. The summed E-state index contributed by atoms with van der Waals surface area (Å²) in [5.74, 6) is -0.245. The van der Waals surface area contributed by atoms with Crippen molar-refractivity contribution in [3.8, 4) is 17.3 Å². The van der Waals surface area contributed by atoms with E-state index in [1.807, 2.05) is 0 Å². The van der Waals surface area contributed by atoms with Crippen LogP contribution < -0.4 is 20.1 Å². The van der Waals surface area contributed by atoms with Crippen molar-refractivity contribution in [1.29, 1.82) is 0 Å². The third-order valence-corrected chi connectivity index (χ3v) is 6.48. The van der Waals surface area contributed by atoms with Crippen LogP contribution in [0.3, 0.4) is 0 Å². The molecule has 1 saturated heterocycles.